The molecule has 0 aliphatic heterocycles. The number of nitrogens with one attached hydrogen (secondary N) is 1. The quantitative estimate of drug-likeness (QED) is 0.560. The van der Waals surface area contributed by atoms with Gasteiger partial charge >= 0.3 is 0 Å². The van der Waals surface area contributed by atoms with Gasteiger partial charge in [-0.1, -0.05) is 30.0 Å². The average Bonchev–Trinajstić information content (AvgIpc) is 3.08. The van der Waals surface area contributed by atoms with Crippen LogP contribution in [0.1, 0.15) is 18.1 Å². The lowest BCUT2D eigenvalue weighted by Gasteiger charge is -2.12. The normalized spacial score (nSPS) is 12.3. The Morgan fingerprint density at radius 2 is 1.86 bits per heavy atom. The number of aromatic nitrogens is 2. The van der Waals surface area contributed by atoms with Gasteiger partial charge in [-0.3, -0.25) is 0 Å². The number of hydrogen-bond donors (Lipinski definition) is 1. The van der Waals surface area contributed by atoms with E-state index in [0.29, 0.717) is 34.3 Å². The van der Waals surface area contributed by atoms with E-state index in [9.17, 15) is 17.2 Å². The molecule has 0 unspecified atom stereocenters. The summed E-state index contributed by atoms with van der Waals surface area (Å²) < 4.78 is 54.8. The molecule has 9 heteroatoms. The van der Waals surface area contributed by atoms with Gasteiger partial charge < -0.3 is 4.57 Å². The van der Waals surface area contributed by atoms with Crippen molar-refractivity contribution in [3.63, 3.8) is 0 Å². The molecule has 0 spiro atoms. The number of sulfonamides is 1. The lowest BCUT2D eigenvalue weighted by Crippen LogP contribution is -2.18. The van der Waals surface area contributed by atoms with Crippen molar-refractivity contribution < 1.29 is 17.2 Å². The number of rotatable bonds is 7. The van der Waals surface area contributed by atoms with Crippen molar-refractivity contribution in [1.82, 2.24) is 14.3 Å². The lowest BCUT2D eigenvalue weighted by molar-refractivity contribution is 0.129. The van der Waals surface area contributed by atoms with Gasteiger partial charge in [0.25, 0.3) is 5.25 Å². The fourth-order valence-electron chi connectivity index (χ4n) is 2.89. The standard InChI is InChI=1S/C20H21F2N3O2S2/c1-20(21,22)28-16-7-4-14(5-8-16)10-15-6-9-17(29(26,27)23-2)11-18(15)19-12-25(3)13-24-19/h4-9,11-13,23H,10H2,1-3H3. The zero-order valence-electron chi connectivity index (χ0n) is 16.2. The fourth-order valence-corrected chi connectivity index (χ4v) is 4.33. The molecular formula is C20H21F2N3O2S2. The van der Waals surface area contributed by atoms with Crippen LogP contribution in [-0.4, -0.2) is 30.3 Å². The first-order valence-corrected chi connectivity index (χ1v) is 11.1. The van der Waals surface area contributed by atoms with Gasteiger partial charge in [-0.15, -0.1) is 0 Å². The summed E-state index contributed by atoms with van der Waals surface area (Å²) in [7, 11) is -0.391. The minimum absolute atomic E-state index is 0.154. The van der Waals surface area contributed by atoms with Crippen LogP contribution >= 0.6 is 11.8 Å². The Balaban J connectivity index is 1.96. The van der Waals surface area contributed by atoms with Gasteiger partial charge in [0.05, 0.1) is 16.9 Å². The van der Waals surface area contributed by atoms with Gasteiger partial charge in [0.1, 0.15) is 0 Å². The average molecular weight is 438 g/mol. The number of halogens is 2. The topological polar surface area (TPSA) is 64.0 Å². The zero-order chi connectivity index (χ0) is 21.2. The van der Waals surface area contributed by atoms with Crippen LogP contribution in [0.3, 0.4) is 0 Å². The van der Waals surface area contributed by atoms with E-state index in [1.807, 2.05) is 13.2 Å². The van der Waals surface area contributed by atoms with Crippen LogP contribution < -0.4 is 4.72 Å². The van der Waals surface area contributed by atoms with Crippen molar-refractivity contribution in [3.8, 4) is 11.3 Å². The molecule has 29 heavy (non-hydrogen) atoms. The Hall–Kier alpha value is -2.23. The third-order valence-corrected chi connectivity index (χ3v) is 6.53. The molecule has 0 aliphatic rings. The van der Waals surface area contributed by atoms with Crippen molar-refractivity contribution in [2.75, 3.05) is 7.05 Å². The lowest BCUT2D eigenvalue weighted by atomic mass is 9.98. The summed E-state index contributed by atoms with van der Waals surface area (Å²) in [5, 5.41) is -2.83. The van der Waals surface area contributed by atoms with Gasteiger partial charge in [0, 0.05) is 30.6 Å². The maximum atomic E-state index is 13.2. The third-order valence-electron chi connectivity index (χ3n) is 4.26. The molecular weight excluding hydrogens is 416 g/mol. The molecule has 1 N–H and O–H groups in total. The summed E-state index contributed by atoms with van der Waals surface area (Å²) in [6, 6.07) is 11.8. The number of imidazole rings is 1. The second-order valence-electron chi connectivity index (χ2n) is 6.68. The van der Waals surface area contributed by atoms with Gasteiger partial charge in [-0.25, -0.2) is 18.1 Å². The molecule has 0 bridgehead atoms. The van der Waals surface area contributed by atoms with E-state index in [1.54, 1.807) is 53.4 Å². The SMILES string of the molecule is CNS(=O)(=O)c1ccc(Cc2ccc(SC(C)(F)F)cc2)c(-c2cn(C)cn2)c1. The Labute approximate surface area is 173 Å². The van der Waals surface area contributed by atoms with Crippen molar-refractivity contribution in [2.45, 2.75) is 28.4 Å². The zero-order valence-corrected chi connectivity index (χ0v) is 17.8. The molecule has 0 fully saturated rings. The Kier molecular flexibility index (Phi) is 6.11. The third kappa shape index (κ3) is 5.43. The van der Waals surface area contributed by atoms with Crippen LogP contribution in [-0.2, 0) is 23.5 Å². The van der Waals surface area contributed by atoms with Crippen LogP contribution in [0.25, 0.3) is 11.3 Å². The number of thioether (sulfide) groups is 1. The second kappa shape index (κ2) is 8.25. The highest BCUT2D eigenvalue weighted by Gasteiger charge is 2.22. The van der Waals surface area contributed by atoms with Crippen molar-refractivity contribution in [3.05, 3.63) is 66.1 Å². The Morgan fingerprint density at radius 1 is 1.17 bits per heavy atom. The molecule has 0 saturated heterocycles. The van der Waals surface area contributed by atoms with E-state index in [4.69, 9.17) is 0 Å². The molecule has 5 nitrogen and oxygen atoms in total. The summed E-state index contributed by atoms with van der Waals surface area (Å²) in [4.78, 5) is 4.99. The summed E-state index contributed by atoms with van der Waals surface area (Å²) in [5.74, 6) is 0. The summed E-state index contributed by atoms with van der Waals surface area (Å²) in [6.07, 6.45) is 3.98. The number of alkyl halides is 2. The number of hydrogen-bond acceptors (Lipinski definition) is 4. The van der Waals surface area contributed by atoms with Crippen LogP contribution in [0.15, 0.2) is 64.8 Å². The van der Waals surface area contributed by atoms with Crippen LogP contribution in [0.5, 0.6) is 0 Å². The minimum atomic E-state index is -3.59. The molecule has 1 aromatic heterocycles. The summed E-state index contributed by atoms with van der Waals surface area (Å²) >= 11 is 0.506. The minimum Gasteiger partial charge on any atom is -0.340 e. The molecule has 154 valence electrons. The van der Waals surface area contributed by atoms with Gasteiger partial charge in [-0.2, -0.15) is 8.78 Å². The van der Waals surface area contributed by atoms with Crippen LogP contribution in [0.2, 0.25) is 0 Å². The number of aryl methyl sites for hydroxylation is 1. The van der Waals surface area contributed by atoms with E-state index in [0.717, 1.165) is 18.1 Å². The monoisotopic (exact) mass is 437 g/mol. The van der Waals surface area contributed by atoms with Crippen molar-refractivity contribution >= 4 is 21.8 Å². The first-order chi connectivity index (χ1) is 13.6. The highest BCUT2D eigenvalue weighted by molar-refractivity contribution is 8.00. The van der Waals surface area contributed by atoms with Gasteiger partial charge in [-0.05, 0) is 48.9 Å². The number of benzene rings is 2. The van der Waals surface area contributed by atoms with Crippen LogP contribution in [0.4, 0.5) is 8.78 Å². The van der Waals surface area contributed by atoms with E-state index in [2.05, 4.69) is 9.71 Å². The van der Waals surface area contributed by atoms with Crippen molar-refractivity contribution in [1.29, 1.82) is 0 Å². The largest absolute Gasteiger partial charge is 0.340 e. The molecule has 0 saturated carbocycles. The van der Waals surface area contributed by atoms with E-state index >= 15 is 0 Å². The summed E-state index contributed by atoms with van der Waals surface area (Å²) in [5.41, 5.74) is 3.18. The highest BCUT2D eigenvalue weighted by Crippen LogP contribution is 2.35. The molecule has 2 aromatic carbocycles. The van der Waals surface area contributed by atoms with E-state index in [1.165, 1.54) is 7.05 Å². The van der Waals surface area contributed by atoms with Crippen LogP contribution in [0, 0.1) is 0 Å². The smallest absolute Gasteiger partial charge is 0.295 e. The van der Waals surface area contributed by atoms with E-state index < -0.39 is 15.3 Å². The highest BCUT2D eigenvalue weighted by atomic mass is 32.2. The van der Waals surface area contributed by atoms with Gasteiger partial charge in [0.15, 0.2) is 0 Å². The Morgan fingerprint density at radius 3 is 2.41 bits per heavy atom. The van der Waals surface area contributed by atoms with E-state index in [-0.39, 0.29) is 4.90 Å². The maximum absolute atomic E-state index is 13.2. The molecule has 1 heterocycles. The molecule has 3 aromatic rings. The second-order valence-corrected chi connectivity index (χ2v) is 9.96. The predicted octanol–water partition coefficient (Wildman–Crippen LogP) is 4.29. The van der Waals surface area contributed by atoms with Gasteiger partial charge in [0.2, 0.25) is 10.0 Å². The maximum Gasteiger partial charge on any atom is 0.295 e. The molecule has 3 rings (SSSR count). The van der Waals surface area contributed by atoms with Crippen molar-refractivity contribution in [2.24, 2.45) is 7.05 Å². The summed E-state index contributed by atoms with van der Waals surface area (Å²) in [6.45, 7) is 0.867. The first-order valence-electron chi connectivity index (χ1n) is 8.78. The Bertz CT molecular complexity index is 1110. The molecule has 0 amide bonds. The molecule has 0 atom stereocenters. The predicted molar refractivity (Wildman–Crippen MR) is 111 cm³/mol. The fraction of sp³-hybridized carbons (Fsp3) is 0.250. The molecule has 0 radical (unpaired) electrons. The number of nitrogens with zero attached hydrogens (tertiary/aromatic N) is 2. The first kappa shape index (κ1) is 21.5. The molecule has 0 aliphatic carbocycles.